The van der Waals surface area contributed by atoms with Crippen molar-refractivity contribution < 1.29 is 18.7 Å². The second kappa shape index (κ2) is 8.02. The topological polar surface area (TPSA) is 85.9 Å². The van der Waals surface area contributed by atoms with E-state index in [9.17, 15) is 9.18 Å². The Morgan fingerprint density at radius 2 is 1.96 bits per heavy atom. The first-order valence-corrected chi connectivity index (χ1v) is 7.14. The van der Waals surface area contributed by atoms with E-state index in [0.29, 0.717) is 11.3 Å². The molecule has 6 nitrogen and oxygen atoms in total. The molecule has 2 aromatic rings. The van der Waals surface area contributed by atoms with Crippen LogP contribution in [0.5, 0.6) is 11.5 Å². The molecule has 124 valence electrons. The predicted octanol–water partition coefficient (Wildman–Crippen LogP) is 2.22. The lowest BCUT2D eigenvalue weighted by atomic mass is 10.2. The van der Waals surface area contributed by atoms with Crippen LogP contribution in [0.2, 0.25) is 0 Å². The number of hydrogen-bond acceptors (Lipinski definition) is 5. The highest BCUT2D eigenvalue weighted by atomic mass is 32.1. The summed E-state index contributed by atoms with van der Waals surface area (Å²) in [4.78, 5) is 12.1. The Bertz CT molecular complexity index is 779. The van der Waals surface area contributed by atoms with Crippen LogP contribution >= 0.6 is 12.2 Å². The van der Waals surface area contributed by atoms with Crippen molar-refractivity contribution in [1.29, 1.82) is 0 Å². The van der Waals surface area contributed by atoms with Gasteiger partial charge < -0.3 is 15.2 Å². The SMILES string of the molecule is COc1cc(/C=N\NC(N)=S)ccc1OC(=O)c1ccc(F)cc1. The van der Waals surface area contributed by atoms with Crippen LogP contribution in [-0.2, 0) is 0 Å². The molecule has 0 aromatic heterocycles. The molecular weight excluding hydrogens is 333 g/mol. The summed E-state index contributed by atoms with van der Waals surface area (Å²) in [7, 11) is 1.44. The van der Waals surface area contributed by atoms with Crippen molar-refractivity contribution in [3.63, 3.8) is 0 Å². The molecule has 0 aliphatic rings. The summed E-state index contributed by atoms with van der Waals surface area (Å²) in [6.45, 7) is 0. The summed E-state index contributed by atoms with van der Waals surface area (Å²) in [6, 6.07) is 9.89. The van der Waals surface area contributed by atoms with E-state index < -0.39 is 11.8 Å². The highest BCUT2D eigenvalue weighted by Gasteiger charge is 2.12. The van der Waals surface area contributed by atoms with Crippen LogP contribution in [-0.4, -0.2) is 24.4 Å². The van der Waals surface area contributed by atoms with Gasteiger partial charge in [-0.25, -0.2) is 9.18 Å². The quantitative estimate of drug-likeness (QED) is 0.284. The highest BCUT2D eigenvalue weighted by molar-refractivity contribution is 7.80. The molecule has 24 heavy (non-hydrogen) atoms. The van der Waals surface area contributed by atoms with E-state index in [4.69, 9.17) is 15.2 Å². The van der Waals surface area contributed by atoms with Gasteiger partial charge in [0.25, 0.3) is 0 Å². The zero-order chi connectivity index (χ0) is 17.5. The Kier molecular flexibility index (Phi) is 5.80. The van der Waals surface area contributed by atoms with Crippen molar-refractivity contribution in [3.8, 4) is 11.5 Å². The van der Waals surface area contributed by atoms with Gasteiger partial charge in [0.1, 0.15) is 5.82 Å². The lowest BCUT2D eigenvalue weighted by Crippen LogP contribution is -2.23. The lowest BCUT2D eigenvalue weighted by molar-refractivity contribution is 0.0729. The molecule has 0 aliphatic carbocycles. The van der Waals surface area contributed by atoms with Crippen molar-refractivity contribution in [2.75, 3.05) is 7.11 Å². The molecule has 0 fully saturated rings. The fourth-order valence-corrected chi connectivity index (χ4v) is 1.82. The highest BCUT2D eigenvalue weighted by Crippen LogP contribution is 2.28. The van der Waals surface area contributed by atoms with E-state index in [0.717, 1.165) is 0 Å². The summed E-state index contributed by atoms with van der Waals surface area (Å²) < 4.78 is 23.4. The van der Waals surface area contributed by atoms with Crippen molar-refractivity contribution in [1.82, 2.24) is 5.43 Å². The van der Waals surface area contributed by atoms with Crippen molar-refractivity contribution >= 4 is 29.5 Å². The summed E-state index contributed by atoms with van der Waals surface area (Å²) in [5.74, 6) is -0.487. The van der Waals surface area contributed by atoms with E-state index in [1.807, 2.05) is 0 Å². The Labute approximate surface area is 143 Å². The Morgan fingerprint density at radius 3 is 2.58 bits per heavy atom. The molecule has 0 unspecified atom stereocenters. The van der Waals surface area contributed by atoms with Crippen LogP contribution < -0.4 is 20.6 Å². The molecule has 2 rings (SSSR count). The number of halogens is 1. The van der Waals surface area contributed by atoms with Crippen molar-refractivity contribution in [2.45, 2.75) is 0 Å². The van der Waals surface area contributed by atoms with Gasteiger partial charge in [-0.2, -0.15) is 5.10 Å². The molecule has 0 saturated heterocycles. The zero-order valence-corrected chi connectivity index (χ0v) is 13.5. The maximum Gasteiger partial charge on any atom is 0.343 e. The lowest BCUT2D eigenvalue weighted by Gasteiger charge is -2.10. The molecule has 0 saturated carbocycles. The Balaban J connectivity index is 2.15. The smallest absolute Gasteiger partial charge is 0.343 e. The number of methoxy groups -OCH3 is 1. The summed E-state index contributed by atoms with van der Waals surface area (Å²) in [6.07, 6.45) is 1.48. The molecule has 0 radical (unpaired) electrons. The Hall–Kier alpha value is -3.00. The number of nitrogens with zero attached hydrogens (tertiary/aromatic N) is 1. The van der Waals surface area contributed by atoms with Crippen LogP contribution in [0.15, 0.2) is 47.6 Å². The van der Waals surface area contributed by atoms with Gasteiger partial charge in [0.05, 0.1) is 18.9 Å². The molecule has 2 aromatic carbocycles. The van der Waals surface area contributed by atoms with E-state index >= 15 is 0 Å². The van der Waals surface area contributed by atoms with E-state index in [1.54, 1.807) is 18.2 Å². The van der Waals surface area contributed by atoms with Crippen LogP contribution in [0.1, 0.15) is 15.9 Å². The van der Waals surface area contributed by atoms with Crippen molar-refractivity contribution in [3.05, 3.63) is 59.4 Å². The molecule has 0 atom stereocenters. The number of nitrogens with two attached hydrogens (primary N) is 1. The number of carbonyl (C=O) groups is 1. The van der Waals surface area contributed by atoms with E-state index in [1.165, 1.54) is 37.6 Å². The van der Waals surface area contributed by atoms with Crippen LogP contribution in [0.4, 0.5) is 4.39 Å². The maximum atomic E-state index is 12.9. The van der Waals surface area contributed by atoms with Gasteiger partial charge in [0.15, 0.2) is 16.6 Å². The number of esters is 1. The van der Waals surface area contributed by atoms with E-state index in [-0.39, 0.29) is 16.4 Å². The minimum atomic E-state index is -0.620. The van der Waals surface area contributed by atoms with Gasteiger partial charge in [-0.15, -0.1) is 0 Å². The fraction of sp³-hybridized carbons (Fsp3) is 0.0625. The average molecular weight is 347 g/mol. The first-order chi connectivity index (χ1) is 11.5. The minimum Gasteiger partial charge on any atom is -0.493 e. The van der Waals surface area contributed by atoms with Gasteiger partial charge in [-0.05, 0) is 60.2 Å². The second-order valence-electron chi connectivity index (χ2n) is 4.54. The molecular formula is C16H14FN3O3S. The number of nitrogens with one attached hydrogen (secondary N) is 1. The van der Waals surface area contributed by atoms with Gasteiger partial charge in [-0.1, -0.05) is 0 Å². The van der Waals surface area contributed by atoms with Gasteiger partial charge >= 0.3 is 5.97 Å². The van der Waals surface area contributed by atoms with Crippen LogP contribution in [0.3, 0.4) is 0 Å². The third-order valence-corrected chi connectivity index (χ3v) is 2.95. The number of rotatable bonds is 5. The van der Waals surface area contributed by atoms with E-state index in [2.05, 4.69) is 22.7 Å². The fourth-order valence-electron chi connectivity index (χ4n) is 1.76. The molecule has 0 amide bonds. The number of ether oxygens (including phenoxy) is 2. The minimum absolute atomic E-state index is 0.0445. The molecule has 8 heteroatoms. The Morgan fingerprint density at radius 1 is 1.25 bits per heavy atom. The maximum absolute atomic E-state index is 12.9. The molecule has 3 N–H and O–H groups in total. The van der Waals surface area contributed by atoms with Gasteiger partial charge in [0.2, 0.25) is 0 Å². The molecule has 0 bridgehead atoms. The monoisotopic (exact) mass is 347 g/mol. The third-order valence-electron chi connectivity index (χ3n) is 2.86. The normalized spacial score (nSPS) is 10.4. The number of hydrazone groups is 1. The molecule has 0 spiro atoms. The summed E-state index contributed by atoms with van der Waals surface area (Å²) in [5.41, 5.74) is 8.59. The first kappa shape index (κ1) is 17.4. The summed E-state index contributed by atoms with van der Waals surface area (Å²) in [5, 5.41) is 3.87. The molecule has 0 aliphatic heterocycles. The van der Waals surface area contributed by atoms with Gasteiger partial charge in [0, 0.05) is 0 Å². The number of thiocarbonyl (C=S) groups is 1. The average Bonchev–Trinajstić information content (AvgIpc) is 2.56. The largest absolute Gasteiger partial charge is 0.493 e. The number of hydrogen-bond donors (Lipinski definition) is 2. The summed E-state index contributed by atoms with van der Waals surface area (Å²) >= 11 is 4.63. The van der Waals surface area contributed by atoms with Gasteiger partial charge in [-0.3, -0.25) is 5.43 Å². The zero-order valence-electron chi connectivity index (χ0n) is 12.7. The second-order valence-corrected chi connectivity index (χ2v) is 4.98. The van der Waals surface area contributed by atoms with Crippen LogP contribution in [0.25, 0.3) is 0 Å². The number of carbonyl (C=O) groups excluding carboxylic acids is 1. The third kappa shape index (κ3) is 4.75. The van der Waals surface area contributed by atoms with Crippen LogP contribution in [0, 0.1) is 5.82 Å². The standard InChI is InChI=1S/C16H14FN3O3S/c1-22-14-8-10(9-19-20-16(18)24)2-7-13(14)23-15(21)11-3-5-12(17)6-4-11/h2-9H,1H3,(H3,18,20,24)/b19-9-. The number of benzene rings is 2. The van der Waals surface area contributed by atoms with Crippen molar-refractivity contribution in [2.24, 2.45) is 10.8 Å². The first-order valence-electron chi connectivity index (χ1n) is 6.74. The predicted molar refractivity (Wildman–Crippen MR) is 91.9 cm³/mol. The molecule has 0 heterocycles.